The van der Waals surface area contributed by atoms with E-state index in [2.05, 4.69) is 20.3 Å². The van der Waals surface area contributed by atoms with Crippen molar-refractivity contribution in [2.24, 2.45) is 0 Å². The number of hydrogen-bond donors (Lipinski definition) is 2. The third-order valence-electron chi connectivity index (χ3n) is 4.70. The van der Waals surface area contributed by atoms with Crippen LogP contribution in [0.15, 0.2) is 48.8 Å². The highest BCUT2D eigenvalue weighted by atomic mass is 16.5. The Bertz CT molecular complexity index is 864. The van der Waals surface area contributed by atoms with E-state index in [9.17, 15) is 5.11 Å². The Morgan fingerprint density at radius 1 is 1.08 bits per heavy atom. The normalized spacial score (nSPS) is 20.0. The molecule has 1 aliphatic carbocycles. The zero-order valence-electron chi connectivity index (χ0n) is 14.5. The first-order chi connectivity index (χ1) is 12.8. The highest BCUT2D eigenvalue weighted by Crippen LogP contribution is 2.23. The first-order valence-corrected chi connectivity index (χ1v) is 9.00. The first-order valence-electron chi connectivity index (χ1n) is 9.00. The average Bonchev–Trinajstić information content (AvgIpc) is 2.69. The molecule has 1 fully saturated rings. The van der Waals surface area contributed by atoms with Gasteiger partial charge in [0.25, 0.3) is 0 Å². The summed E-state index contributed by atoms with van der Waals surface area (Å²) in [4.78, 5) is 13.3. The van der Waals surface area contributed by atoms with Crippen LogP contribution in [0.5, 0.6) is 5.75 Å². The van der Waals surface area contributed by atoms with Gasteiger partial charge in [0, 0.05) is 29.9 Å². The van der Waals surface area contributed by atoms with Gasteiger partial charge in [-0.15, -0.1) is 0 Å². The van der Waals surface area contributed by atoms with Crippen LogP contribution in [0.3, 0.4) is 0 Å². The van der Waals surface area contributed by atoms with Crippen LogP contribution in [0, 0.1) is 0 Å². The molecule has 1 aliphatic rings. The van der Waals surface area contributed by atoms with Crippen LogP contribution in [0.2, 0.25) is 0 Å². The lowest BCUT2D eigenvalue weighted by atomic mass is 9.93. The lowest BCUT2D eigenvalue weighted by molar-refractivity contribution is 0.126. The lowest BCUT2D eigenvalue weighted by Crippen LogP contribution is -2.28. The quantitative estimate of drug-likeness (QED) is 0.735. The van der Waals surface area contributed by atoms with Gasteiger partial charge in [0.1, 0.15) is 12.4 Å². The molecule has 0 amide bonds. The smallest absolute Gasteiger partial charge is 0.223 e. The highest BCUT2D eigenvalue weighted by molar-refractivity contribution is 5.80. The van der Waals surface area contributed by atoms with E-state index in [0.717, 1.165) is 48.0 Å². The van der Waals surface area contributed by atoms with E-state index in [-0.39, 0.29) is 6.10 Å². The van der Waals surface area contributed by atoms with E-state index in [0.29, 0.717) is 18.6 Å². The van der Waals surface area contributed by atoms with Crippen molar-refractivity contribution >= 4 is 16.9 Å². The Balaban J connectivity index is 1.46. The van der Waals surface area contributed by atoms with Gasteiger partial charge >= 0.3 is 0 Å². The summed E-state index contributed by atoms with van der Waals surface area (Å²) < 4.78 is 5.83. The molecule has 6 nitrogen and oxygen atoms in total. The highest BCUT2D eigenvalue weighted by Gasteiger charge is 2.19. The molecule has 4 rings (SSSR count). The van der Waals surface area contributed by atoms with Gasteiger partial charge in [-0.2, -0.15) is 0 Å². The maximum atomic E-state index is 9.62. The van der Waals surface area contributed by atoms with Gasteiger partial charge in [0.05, 0.1) is 17.3 Å². The zero-order valence-corrected chi connectivity index (χ0v) is 14.5. The number of aromatic nitrogens is 3. The monoisotopic (exact) mass is 350 g/mol. The first kappa shape index (κ1) is 16.7. The van der Waals surface area contributed by atoms with Crippen molar-refractivity contribution in [3.05, 3.63) is 54.5 Å². The molecule has 2 aromatic heterocycles. The summed E-state index contributed by atoms with van der Waals surface area (Å²) in [6.07, 6.45) is 6.96. The minimum atomic E-state index is -0.163. The lowest BCUT2D eigenvalue weighted by Gasteiger charge is -2.26. The van der Waals surface area contributed by atoms with Crippen molar-refractivity contribution in [1.29, 1.82) is 0 Å². The van der Waals surface area contributed by atoms with Crippen molar-refractivity contribution < 1.29 is 9.84 Å². The number of anilines is 1. The minimum absolute atomic E-state index is 0.163. The van der Waals surface area contributed by atoms with Crippen LogP contribution in [0.4, 0.5) is 5.95 Å². The Hall–Kier alpha value is -2.73. The molecule has 6 heteroatoms. The summed E-state index contributed by atoms with van der Waals surface area (Å²) in [6, 6.07) is 11.9. The van der Waals surface area contributed by atoms with Crippen LogP contribution < -0.4 is 10.1 Å². The summed E-state index contributed by atoms with van der Waals surface area (Å²) in [5.41, 5.74) is 1.73. The number of pyridine rings is 1. The van der Waals surface area contributed by atoms with Crippen LogP contribution >= 0.6 is 0 Å². The molecule has 0 unspecified atom stereocenters. The summed E-state index contributed by atoms with van der Waals surface area (Å²) in [5.74, 6) is 1.38. The predicted octanol–water partition coefficient (Wildman–Crippen LogP) is 3.32. The van der Waals surface area contributed by atoms with E-state index < -0.39 is 0 Å². The second kappa shape index (κ2) is 7.66. The fraction of sp³-hybridized carbons (Fsp3) is 0.350. The molecule has 26 heavy (non-hydrogen) atoms. The Kier molecular flexibility index (Phi) is 4.93. The molecule has 1 aromatic carbocycles. The molecule has 0 spiro atoms. The van der Waals surface area contributed by atoms with Crippen molar-refractivity contribution in [2.45, 2.75) is 44.4 Å². The van der Waals surface area contributed by atoms with Crippen molar-refractivity contribution in [1.82, 2.24) is 15.0 Å². The summed E-state index contributed by atoms with van der Waals surface area (Å²) in [6.45, 7) is 0.424. The van der Waals surface area contributed by atoms with Gasteiger partial charge < -0.3 is 15.2 Å². The number of nitrogens with one attached hydrogen (secondary N) is 1. The largest absolute Gasteiger partial charge is 0.487 e. The van der Waals surface area contributed by atoms with E-state index in [1.165, 1.54) is 0 Å². The van der Waals surface area contributed by atoms with Crippen LogP contribution in [0.1, 0.15) is 31.4 Å². The van der Waals surface area contributed by atoms with Crippen molar-refractivity contribution in [3.8, 4) is 5.75 Å². The van der Waals surface area contributed by atoms with Crippen molar-refractivity contribution in [2.75, 3.05) is 5.32 Å². The standard InChI is InChI=1S/C20H22N4O2/c25-17-7-5-15(6-8-17)23-20-22-12-14-4-9-18(11-19(14)24-20)26-13-16-3-1-2-10-21-16/h1-4,9-12,15,17,25H,5-8,13H2,(H,22,23,24). The predicted molar refractivity (Wildman–Crippen MR) is 100.0 cm³/mol. The van der Waals surface area contributed by atoms with Crippen LogP contribution in [-0.4, -0.2) is 32.2 Å². The second-order valence-corrected chi connectivity index (χ2v) is 6.67. The maximum Gasteiger partial charge on any atom is 0.223 e. The number of ether oxygens (including phenoxy) is 1. The summed E-state index contributed by atoms with van der Waals surface area (Å²) in [5, 5.41) is 14.0. The summed E-state index contributed by atoms with van der Waals surface area (Å²) in [7, 11) is 0. The minimum Gasteiger partial charge on any atom is -0.487 e. The van der Waals surface area contributed by atoms with E-state index in [4.69, 9.17) is 4.74 Å². The van der Waals surface area contributed by atoms with E-state index >= 15 is 0 Å². The molecule has 2 heterocycles. The van der Waals surface area contributed by atoms with Crippen LogP contribution in [-0.2, 0) is 6.61 Å². The Labute approximate surface area is 152 Å². The molecule has 0 radical (unpaired) electrons. The Morgan fingerprint density at radius 3 is 2.77 bits per heavy atom. The molecule has 0 saturated heterocycles. The van der Waals surface area contributed by atoms with Gasteiger partial charge in [-0.1, -0.05) is 6.07 Å². The molecular weight excluding hydrogens is 328 g/mol. The van der Waals surface area contributed by atoms with E-state index in [1.54, 1.807) is 6.20 Å². The molecule has 1 saturated carbocycles. The SMILES string of the molecule is OC1CCC(Nc2ncc3ccc(OCc4ccccn4)cc3n2)CC1. The van der Waals surface area contributed by atoms with Crippen LogP contribution in [0.25, 0.3) is 10.9 Å². The number of rotatable bonds is 5. The zero-order chi connectivity index (χ0) is 17.8. The maximum absolute atomic E-state index is 9.62. The fourth-order valence-electron chi connectivity index (χ4n) is 3.21. The molecule has 0 aliphatic heterocycles. The fourth-order valence-corrected chi connectivity index (χ4v) is 3.21. The van der Waals surface area contributed by atoms with Gasteiger partial charge in [0.2, 0.25) is 5.95 Å². The topological polar surface area (TPSA) is 80.2 Å². The third kappa shape index (κ3) is 4.08. The third-order valence-corrected chi connectivity index (χ3v) is 4.70. The van der Waals surface area contributed by atoms with Gasteiger partial charge in [-0.05, 0) is 49.9 Å². The molecule has 3 aromatic rings. The number of aliphatic hydroxyl groups is 1. The number of nitrogens with zero attached hydrogens (tertiary/aromatic N) is 3. The summed E-state index contributed by atoms with van der Waals surface area (Å²) >= 11 is 0. The number of aliphatic hydroxyl groups excluding tert-OH is 1. The molecule has 0 atom stereocenters. The van der Waals surface area contributed by atoms with Gasteiger partial charge in [-0.25, -0.2) is 9.97 Å². The molecular formula is C20H22N4O2. The second-order valence-electron chi connectivity index (χ2n) is 6.67. The van der Waals surface area contributed by atoms with Gasteiger partial charge in [0.15, 0.2) is 0 Å². The van der Waals surface area contributed by atoms with Crippen molar-refractivity contribution in [3.63, 3.8) is 0 Å². The average molecular weight is 350 g/mol. The van der Waals surface area contributed by atoms with E-state index in [1.807, 2.05) is 42.6 Å². The molecule has 0 bridgehead atoms. The number of benzene rings is 1. The number of fused-ring (bicyclic) bond motifs is 1. The van der Waals surface area contributed by atoms with Gasteiger partial charge in [-0.3, -0.25) is 4.98 Å². The molecule has 134 valence electrons. The molecule has 2 N–H and O–H groups in total. The Morgan fingerprint density at radius 2 is 1.96 bits per heavy atom. The number of hydrogen-bond acceptors (Lipinski definition) is 6.